The van der Waals surface area contributed by atoms with E-state index >= 15 is 0 Å². The van der Waals surface area contributed by atoms with Crippen LogP contribution in [0.15, 0.2) is 30.3 Å². The predicted molar refractivity (Wildman–Crippen MR) is 92.5 cm³/mol. The molecular weight excluding hydrogens is 309 g/mol. The van der Waals surface area contributed by atoms with Crippen molar-refractivity contribution in [2.24, 2.45) is 5.73 Å². The molecule has 1 aromatic rings. The van der Waals surface area contributed by atoms with Gasteiger partial charge in [-0.15, -0.1) is 24.8 Å². The lowest BCUT2D eigenvalue weighted by atomic mass is 10.2. The van der Waals surface area contributed by atoms with E-state index < -0.39 is 0 Å². The fraction of sp³-hybridized carbons (Fsp3) is 0.600. The highest BCUT2D eigenvalue weighted by molar-refractivity contribution is 5.85. The third-order valence-corrected chi connectivity index (χ3v) is 3.53. The van der Waals surface area contributed by atoms with Gasteiger partial charge in [-0.05, 0) is 5.56 Å². The lowest BCUT2D eigenvalue weighted by Crippen LogP contribution is -2.46. The van der Waals surface area contributed by atoms with Gasteiger partial charge in [0.15, 0.2) is 0 Å². The molecule has 1 aromatic carbocycles. The summed E-state index contributed by atoms with van der Waals surface area (Å²) in [5.41, 5.74) is 6.80. The van der Waals surface area contributed by atoms with Crippen molar-refractivity contribution >= 4 is 24.8 Å². The summed E-state index contributed by atoms with van der Waals surface area (Å²) in [6.07, 6.45) is 0. The van der Waals surface area contributed by atoms with Crippen LogP contribution in [0, 0.1) is 0 Å². The second-order valence-electron chi connectivity index (χ2n) is 5.00. The minimum absolute atomic E-state index is 0. The van der Waals surface area contributed by atoms with Crippen LogP contribution in [0.4, 0.5) is 0 Å². The standard InChI is InChI=1S/C15H25N3O.2ClH/c16-6-12-19-13-11-17-7-9-18(10-8-17)14-15-4-2-1-3-5-15;;/h1-5H,6-14,16H2;2*1H. The van der Waals surface area contributed by atoms with Crippen molar-refractivity contribution in [3.63, 3.8) is 0 Å². The van der Waals surface area contributed by atoms with Gasteiger partial charge in [-0.1, -0.05) is 30.3 Å². The summed E-state index contributed by atoms with van der Waals surface area (Å²) in [6.45, 7) is 8.75. The maximum Gasteiger partial charge on any atom is 0.0594 e. The van der Waals surface area contributed by atoms with Crippen LogP contribution in [0.2, 0.25) is 0 Å². The molecule has 0 saturated carbocycles. The van der Waals surface area contributed by atoms with Crippen molar-refractivity contribution < 1.29 is 4.74 Å². The Morgan fingerprint density at radius 1 is 0.905 bits per heavy atom. The van der Waals surface area contributed by atoms with Gasteiger partial charge in [-0.3, -0.25) is 9.80 Å². The minimum Gasteiger partial charge on any atom is -0.379 e. The second kappa shape index (κ2) is 12.2. The molecule has 0 aromatic heterocycles. The number of rotatable bonds is 7. The number of hydrogen-bond acceptors (Lipinski definition) is 4. The number of ether oxygens (including phenoxy) is 1. The van der Waals surface area contributed by atoms with Crippen molar-refractivity contribution in [2.45, 2.75) is 6.54 Å². The van der Waals surface area contributed by atoms with Crippen LogP contribution in [0.1, 0.15) is 5.56 Å². The molecule has 21 heavy (non-hydrogen) atoms. The van der Waals surface area contributed by atoms with Gasteiger partial charge in [-0.25, -0.2) is 0 Å². The Kier molecular flexibility index (Phi) is 12.0. The van der Waals surface area contributed by atoms with E-state index in [1.807, 2.05) is 0 Å². The highest BCUT2D eigenvalue weighted by Crippen LogP contribution is 2.08. The van der Waals surface area contributed by atoms with Crippen molar-refractivity contribution in [3.8, 4) is 0 Å². The van der Waals surface area contributed by atoms with Crippen LogP contribution in [0.3, 0.4) is 0 Å². The zero-order valence-corrected chi connectivity index (χ0v) is 14.1. The van der Waals surface area contributed by atoms with E-state index in [-0.39, 0.29) is 24.8 Å². The van der Waals surface area contributed by atoms with Crippen LogP contribution in [0.5, 0.6) is 0 Å². The van der Waals surface area contributed by atoms with E-state index in [4.69, 9.17) is 10.5 Å². The smallest absolute Gasteiger partial charge is 0.0594 e. The van der Waals surface area contributed by atoms with Crippen LogP contribution < -0.4 is 5.73 Å². The molecule has 0 amide bonds. The zero-order chi connectivity index (χ0) is 13.3. The van der Waals surface area contributed by atoms with E-state index in [2.05, 4.69) is 40.1 Å². The van der Waals surface area contributed by atoms with Gasteiger partial charge in [0.05, 0.1) is 13.2 Å². The SMILES string of the molecule is Cl.Cl.NCCOCCN1CCN(Cc2ccccc2)CC1. The maximum atomic E-state index is 5.43. The third kappa shape index (κ3) is 8.00. The van der Waals surface area contributed by atoms with E-state index in [1.165, 1.54) is 5.56 Å². The first-order valence-corrected chi connectivity index (χ1v) is 7.15. The predicted octanol–water partition coefficient (Wildman–Crippen LogP) is 1.62. The number of benzene rings is 1. The number of nitrogens with zero attached hydrogens (tertiary/aromatic N) is 2. The second-order valence-corrected chi connectivity index (χ2v) is 5.00. The minimum atomic E-state index is 0. The fourth-order valence-electron chi connectivity index (χ4n) is 2.39. The summed E-state index contributed by atoms with van der Waals surface area (Å²) in [4.78, 5) is 4.99. The molecule has 0 bridgehead atoms. The molecule has 2 rings (SSSR count). The average molecular weight is 336 g/mol. The van der Waals surface area contributed by atoms with Crippen LogP contribution in [-0.2, 0) is 11.3 Å². The number of hydrogen-bond donors (Lipinski definition) is 1. The molecule has 1 saturated heterocycles. The summed E-state index contributed by atoms with van der Waals surface area (Å²) in [5, 5.41) is 0. The molecule has 1 fully saturated rings. The van der Waals surface area contributed by atoms with Crippen molar-refractivity contribution in [1.29, 1.82) is 0 Å². The number of nitrogens with two attached hydrogens (primary N) is 1. The van der Waals surface area contributed by atoms with E-state index in [0.717, 1.165) is 45.9 Å². The Balaban J connectivity index is 0.00000200. The summed E-state index contributed by atoms with van der Waals surface area (Å²) in [5.74, 6) is 0. The van der Waals surface area contributed by atoms with Crippen molar-refractivity contribution in [3.05, 3.63) is 35.9 Å². The first-order chi connectivity index (χ1) is 9.38. The zero-order valence-electron chi connectivity index (χ0n) is 12.4. The van der Waals surface area contributed by atoms with Gasteiger partial charge in [0.1, 0.15) is 0 Å². The van der Waals surface area contributed by atoms with E-state index in [0.29, 0.717) is 13.2 Å². The van der Waals surface area contributed by atoms with Crippen molar-refractivity contribution in [1.82, 2.24) is 9.80 Å². The van der Waals surface area contributed by atoms with Crippen molar-refractivity contribution in [2.75, 3.05) is 52.5 Å². The topological polar surface area (TPSA) is 41.7 Å². The quantitative estimate of drug-likeness (QED) is 0.769. The number of piperazine rings is 1. The summed E-state index contributed by atoms with van der Waals surface area (Å²) >= 11 is 0. The average Bonchev–Trinajstić information content (AvgIpc) is 2.46. The molecule has 2 N–H and O–H groups in total. The van der Waals surface area contributed by atoms with Gasteiger partial charge in [0.2, 0.25) is 0 Å². The molecule has 1 heterocycles. The third-order valence-electron chi connectivity index (χ3n) is 3.53. The highest BCUT2D eigenvalue weighted by Gasteiger charge is 2.16. The molecule has 0 spiro atoms. The van der Waals surface area contributed by atoms with Gasteiger partial charge in [0, 0.05) is 45.8 Å². The lowest BCUT2D eigenvalue weighted by molar-refractivity contribution is 0.0765. The van der Waals surface area contributed by atoms with Crippen LogP contribution in [0.25, 0.3) is 0 Å². The van der Waals surface area contributed by atoms with Gasteiger partial charge < -0.3 is 10.5 Å². The van der Waals surface area contributed by atoms with Gasteiger partial charge >= 0.3 is 0 Å². The monoisotopic (exact) mass is 335 g/mol. The summed E-state index contributed by atoms with van der Waals surface area (Å²) < 4.78 is 5.43. The summed E-state index contributed by atoms with van der Waals surface area (Å²) in [7, 11) is 0. The van der Waals surface area contributed by atoms with Crippen LogP contribution >= 0.6 is 24.8 Å². The Bertz CT molecular complexity index is 346. The normalized spacial score (nSPS) is 16.0. The molecule has 0 aliphatic carbocycles. The van der Waals surface area contributed by atoms with E-state index in [1.54, 1.807) is 0 Å². The molecule has 0 atom stereocenters. The molecule has 6 heteroatoms. The largest absolute Gasteiger partial charge is 0.379 e. The highest BCUT2D eigenvalue weighted by atomic mass is 35.5. The first kappa shape index (κ1) is 20.6. The Labute approximate surface area is 140 Å². The Hall–Kier alpha value is -0.360. The maximum absolute atomic E-state index is 5.43. The molecule has 4 nitrogen and oxygen atoms in total. The first-order valence-electron chi connectivity index (χ1n) is 7.15. The molecule has 0 unspecified atom stereocenters. The summed E-state index contributed by atoms with van der Waals surface area (Å²) in [6, 6.07) is 10.7. The molecular formula is C15H27Cl2N3O. The molecule has 1 aliphatic rings. The fourth-order valence-corrected chi connectivity index (χ4v) is 2.39. The van der Waals surface area contributed by atoms with Gasteiger partial charge in [0.25, 0.3) is 0 Å². The Morgan fingerprint density at radius 2 is 1.52 bits per heavy atom. The van der Waals surface area contributed by atoms with E-state index in [9.17, 15) is 0 Å². The molecule has 0 radical (unpaired) electrons. The Morgan fingerprint density at radius 3 is 2.14 bits per heavy atom. The molecule has 122 valence electrons. The van der Waals surface area contributed by atoms with Gasteiger partial charge in [-0.2, -0.15) is 0 Å². The molecule has 1 aliphatic heterocycles. The lowest BCUT2D eigenvalue weighted by Gasteiger charge is -2.34. The number of halogens is 2. The van der Waals surface area contributed by atoms with Crippen LogP contribution in [-0.4, -0.2) is 62.3 Å².